The van der Waals surface area contributed by atoms with Crippen LogP contribution in [0.2, 0.25) is 0 Å². The van der Waals surface area contributed by atoms with Crippen LogP contribution in [0.3, 0.4) is 0 Å². The Labute approximate surface area is 625 Å². The molecule has 0 bridgehead atoms. The molecule has 0 aliphatic carbocycles. The van der Waals surface area contributed by atoms with E-state index >= 15 is 0 Å². The van der Waals surface area contributed by atoms with E-state index in [1.54, 1.807) is 0 Å². The van der Waals surface area contributed by atoms with Gasteiger partial charge in [-0.1, -0.05) is 279 Å². The average molecular weight is 1370 g/mol. The van der Waals surface area contributed by atoms with Crippen molar-refractivity contribution >= 4 is 101 Å². The lowest BCUT2D eigenvalue weighted by atomic mass is 9.33. The molecule has 2 aromatic heterocycles. The van der Waals surface area contributed by atoms with E-state index in [0.29, 0.717) is 0 Å². The zero-order valence-electron chi connectivity index (χ0n) is 66.0. The minimum absolute atomic E-state index is 0.0219. The van der Waals surface area contributed by atoms with Crippen LogP contribution in [0.15, 0.2) is 243 Å². The topological polar surface area (TPSA) is 16.3 Å². The Balaban J connectivity index is 0.993. The van der Waals surface area contributed by atoms with Gasteiger partial charge in [0.15, 0.2) is 0 Å². The molecule has 4 nitrogen and oxygen atoms in total. The van der Waals surface area contributed by atoms with Crippen molar-refractivity contribution in [2.45, 2.75) is 183 Å². The fourth-order valence-corrected chi connectivity index (χ4v) is 16.5. The van der Waals surface area contributed by atoms with Crippen LogP contribution in [0.25, 0.3) is 88.4 Å². The summed E-state index contributed by atoms with van der Waals surface area (Å²) in [6, 6.07) is 95.5. The number of hydrogen-bond donors (Lipinski definition) is 0. The Bertz CT molecular complexity index is 5300. The quantitative estimate of drug-likeness (QED) is 0.148. The van der Waals surface area contributed by atoms with E-state index in [2.05, 4.69) is 407 Å². The van der Waals surface area contributed by atoms with Crippen molar-refractivity contribution in [3.05, 3.63) is 282 Å². The van der Waals surface area contributed by atoms with E-state index in [4.69, 9.17) is 0 Å². The molecule has 14 aromatic rings. The average Bonchev–Trinajstić information content (AvgIpc) is 0.900. The van der Waals surface area contributed by atoms with Crippen LogP contribution in [-0.2, 0) is 37.9 Å². The third kappa shape index (κ3) is 12.1. The minimum Gasteiger partial charge on any atom is -0.311 e. The van der Waals surface area contributed by atoms with Gasteiger partial charge in [-0.2, -0.15) is 0 Å². The van der Waals surface area contributed by atoms with E-state index in [9.17, 15) is 0 Å². The third-order valence-corrected chi connectivity index (χ3v) is 23.1. The highest BCUT2D eigenvalue weighted by Crippen LogP contribution is 2.50. The molecule has 105 heavy (non-hydrogen) atoms. The predicted molar refractivity (Wildman–Crippen MR) is 456 cm³/mol. The second kappa shape index (κ2) is 24.2. The summed E-state index contributed by atoms with van der Waals surface area (Å²) < 4.78 is 5.10. The Kier molecular flexibility index (Phi) is 16.0. The highest BCUT2D eigenvalue weighted by molar-refractivity contribution is 7.00. The third-order valence-electron chi connectivity index (χ3n) is 23.1. The number of anilines is 6. The summed E-state index contributed by atoms with van der Waals surface area (Å²) in [6.07, 6.45) is 0. The summed E-state index contributed by atoms with van der Waals surface area (Å²) in [6.45, 7) is 48.5. The summed E-state index contributed by atoms with van der Waals surface area (Å²) in [5, 5.41) is 5.10. The SMILES string of the molecule is CC(C)(C)c1ccc(-c2ccc(N3c4cc(-n5c6ccc(C(C)(C)C)cc6c6cc(C(C)(C)C)ccc65)ccc4B4c5ccc(-n6c7ccc(C(C)(C)C)cc7c7cc(C(C)(C)C)ccc76)cc5N(c5ccc(-c6ccc(C(C)(C)C)cc6)cc5)c5cc(-c6ccc(C(C)(C)C)cc6)cc3c54)cc2)cc1. The molecule has 0 saturated carbocycles. The van der Waals surface area contributed by atoms with Crippen molar-refractivity contribution in [2.75, 3.05) is 9.80 Å². The molecule has 0 N–H and O–H groups in total. The van der Waals surface area contributed by atoms with Crippen LogP contribution in [0.4, 0.5) is 34.1 Å². The van der Waals surface area contributed by atoms with Crippen LogP contribution in [-0.4, -0.2) is 15.8 Å². The lowest BCUT2D eigenvalue weighted by molar-refractivity contribution is 0.590. The lowest BCUT2D eigenvalue weighted by Gasteiger charge is -2.44. The standard InChI is InChI=1S/C100H103BN4/c1-94(2,3)68-32-22-62(23-33-68)64-28-42-75(43-29-64)102-89-60-77(104-85-50-38-71(97(10,11)12)56-79(85)80-57-72(98(13,14)15)39-51-86(80)104)46-48-83(89)101-84-49-47-78(105-87-52-40-73(99(16,17)18)58-81(87)82-59-74(100(19,20)21)41-53-88(82)105)61-90(84)103(76-44-30-65(31-45-76)63-24-34-69(35-25-63)95(4,5)6)92-55-67(54-91(102)93(92)101)66-26-36-70(37-27-66)96(7,8)9/h22-61H,1-21H3. The Hall–Kier alpha value is -10.1. The van der Waals surface area contributed by atoms with Crippen LogP contribution in [0, 0.1) is 0 Å². The molecule has 5 heteroatoms. The molecule has 526 valence electrons. The molecule has 0 saturated heterocycles. The highest BCUT2D eigenvalue weighted by atomic mass is 15.2. The van der Waals surface area contributed by atoms with Crippen LogP contribution < -0.4 is 26.2 Å². The van der Waals surface area contributed by atoms with Crippen molar-refractivity contribution in [1.29, 1.82) is 0 Å². The summed E-state index contributed by atoms with van der Waals surface area (Å²) in [7, 11) is 0. The van der Waals surface area contributed by atoms with Gasteiger partial charge >= 0.3 is 0 Å². The predicted octanol–water partition coefficient (Wildman–Crippen LogP) is 26.0. The van der Waals surface area contributed by atoms with E-state index in [1.165, 1.54) is 127 Å². The first-order valence-electron chi connectivity index (χ1n) is 38.2. The van der Waals surface area contributed by atoms with Gasteiger partial charge in [0.25, 0.3) is 6.71 Å². The van der Waals surface area contributed by atoms with Gasteiger partial charge in [-0.25, -0.2) is 0 Å². The van der Waals surface area contributed by atoms with Crippen molar-refractivity contribution in [3.63, 3.8) is 0 Å². The number of nitrogens with zero attached hydrogens (tertiary/aromatic N) is 4. The maximum absolute atomic E-state index is 2.62. The first-order valence-corrected chi connectivity index (χ1v) is 38.2. The summed E-state index contributed by atoms with van der Waals surface area (Å²) in [5.74, 6) is 0. The maximum Gasteiger partial charge on any atom is 0.252 e. The zero-order valence-corrected chi connectivity index (χ0v) is 66.0. The van der Waals surface area contributed by atoms with Gasteiger partial charge < -0.3 is 18.9 Å². The Morgan fingerprint density at radius 1 is 0.200 bits per heavy atom. The van der Waals surface area contributed by atoms with Crippen molar-refractivity contribution in [1.82, 2.24) is 9.13 Å². The van der Waals surface area contributed by atoms with Crippen LogP contribution in [0.5, 0.6) is 0 Å². The fraction of sp³-hybridized carbons (Fsp3) is 0.280. The normalized spacial score (nSPS) is 13.7. The molecular formula is C100H103BN4. The lowest BCUT2D eigenvalue weighted by Crippen LogP contribution is -2.61. The molecule has 2 aliphatic heterocycles. The summed E-state index contributed by atoms with van der Waals surface area (Å²) in [4.78, 5) is 5.24. The Morgan fingerprint density at radius 3 is 0.686 bits per heavy atom. The van der Waals surface area contributed by atoms with Gasteiger partial charge in [0.2, 0.25) is 0 Å². The molecule has 4 heterocycles. The van der Waals surface area contributed by atoms with E-state index in [1.807, 2.05) is 0 Å². The molecular weight excluding hydrogens is 1270 g/mol. The Morgan fingerprint density at radius 2 is 0.429 bits per heavy atom. The second-order valence-electron chi connectivity index (χ2n) is 37.7. The molecule has 0 unspecified atom stereocenters. The van der Waals surface area contributed by atoms with Crippen molar-refractivity contribution < 1.29 is 0 Å². The van der Waals surface area contributed by atoms with Gasteiger partial charge in [-0.3, -0.25) is 0 Å². The number of hydrogen-bond acceptors (Lipinski definition) is 2. The number of aromatic nitrogens is 2. The van der Waals surface area contributed by atoms with Crippen molar-refractivity contribution in [3.8, 4) is 44.8 Å². The molecule has 0 atom stereocenters. The van der Waals surface area contributed by atoms with Crippen molar-refractivity contribution in [2.24, 2.45) is 0 Å². The van der Waals surface area contributed by atoms with Gasteiger partial charge in [-0.15, -0.1) is 0 Å². The van der Waals surface area contributed by atoms with E-state index < -0.39 is 0 Å². The van der Waals surface area contributed by atoms with E-state index in [-0.39, 0.29) is 44.6 Å². The first-order chi connectivity index (χ1) is 49.4. The van der Waals surface area contributed by atoms with Gasteiger partial charge in [0.05, 0.1) is 22.1 Å². The van der Waals surface area contributed by atoms with Crippen LogP contribution >= 0.6 is 0 Å². The summed E-state index contributed by atoms with van der Waals surface area (Å²) >= 11 is 0. The number of fused-ring (bicyclic) bond motifs is 10. The molecule has 12 aromatic carbocycles. The van der Waals surface area contributed by atoms with E-state index in [0.717, 1.165) is 51.1 Å². The molecule has 0 amide bonds. The minimum atomic E-state index is -0.169. The number of rotatable bonds is 7. The largest absolute Gasteiger partial charge is 0.311 e. The number of benzene rings is 12. The highest BCUT2D eigenvalue weighted by Gasteiger charge is 2.45. The summed E-state index contributed by atoms with van der Waals surface area (Å²) in [5.41, 5.74) is 34.0. The maximum atomic E-state index is 2.62. The first kappa shape index (κ1) is 69.3. The second-order valence-corrected chi connectivity index (χ2v) is 37.7. The smallest absolute Gasteiger partial charge is 0.252 e. The monoisotopic (exact) mass is 1370 g/mol. The molecule has 0 spiro atoms. The molecule has 0 radical (unpaired) electrons. The van der Waals surface area contributed by atoms with Crippen LogP contribution in [0.1, 0.15) is 184 Å². The fourth-order valence-electron chi connectivity index (χ4n) is 16.5. The molecule has 2 aliphatic rings. The van der Waals surface area contributed by atoms with Gasteiger partial charge in [-0.05, 0) is 236 Å². The molecule has 16 rings (SSSR count). The molecule has 0 fully saturated rings. The zero-order chi connectivity index (χ0) is 74.1. The van der Waals surface area contributed by atoms with Gasteiger partial charge in [0, 0.05) is 67.0 Å². The van der Waals surface area contributed by atoms with Gasteiger partial charge in [0.1, 0.15) is 0 Å².